The predicted octanol–water partition coefficient (Wildman–Crippen LogP) is 1.50. The van der Waals surface area contributed by atoms with Crippen LogP contribution < -0.4 is 15.4 Å². The van der Waals surface area contributed by atoms with E-state index < -0.39 is 53.7 Å². The number of nitrogens with one attached hydrogen (secondary N) is 2. The predicted molar refractivity (Wildman–Crippen MR) is 111 cm³/mol. The highest BCUT2D eigenvalue weighted by atomic mass is 19.1. The number of amides is 3. The standard InChI is InChI=1S/C23H25F3N4O4/c1-23(2)14-9-30(17(31)10-34-20-15(25)6-12(24)7-16(20)26)19(18(14)23)22(33)29-13(8-27)5-11-3-4-28-21(11)32/h6-7,11,13-14,18-19H,3-5,9-10H2,1-2H3,(H,28,32)(H,29,33)/t11-,13?,14-,18-,19-/m0/s1. The van der Waals surface area contributed by atoms with E-state index in [1.54, 1.807) is 0 Å². The van der Waals surface area contributed by atoms with Crippen LogP contribution in [-0.4, -0.2) is 54.4 Å². The third kappa shape index (κ3) is 4.29. The molecule has 34 heavy (non-hydrogen) atoms. The molecule has 1 aromatic rings. The van der Waals surface area contributed by atoms with E-state index in [9.17, 15) is 32.8 Å². The second kappa shape index (κ2) is 8.81. The van der Waals surface area contributed by atoms with E-state index in [2.05, 4.69) is 10.6 Å². The van der Waals surface area contributed by atoms with Gasteiger partial charge in [-0.1, -0.05) is 13.8 Å². The highest BCUT2D eigenvalue weighted by Crippen LogP contribution is 2.64. The summed E-state index contributed by atoms with van der Waals surface area (Å²) in [7, 11) is 0. The van der Waals surface area contributed by atoms with E-state index in [1.807, 2.05) is 19.9 Å². The maximum atomic E-state index is 13.8. The van der Waals surface area contributed by atoms with Crippen molar-refractivity contribution in [2.24, 2.45) is 23.2 Å². The molecule has 0 spiro atoms. The van der Waals surface area contributed by atoms with E-state index in [1.165, 1.54) is 4.90 Å². The highest BCUT2D eigenvalue weighted by molar-refractivity contribution is 5.90. The molecule has 1 saturated carbocycles. The van der Waals surface area contributed by atoms with Crippen molar-refractivity contribution in [3.8, 4) is 11.8 Å². The van der Waals surface area contributed by atoms with Gasteiger partial charge in [-0.3, -0.25) is 14.4 Å². The molecular formula is C23H25F3N4O4. The molecule has 1 unspecified atom stereocenters. The SMILES string of the molecule is CC1(C)[C@@H]2[C@@H](C(=O)NC(C#N)C[C@@H]3CCNC3=O)N(C(=O)COc3c(F)cc(F)cc3F)C[C@@H]21. The van der Waals surface area contributed by atoms with Gasteiger partial charge in [0.2, 0.25) is 11.8 Å². The Balaban J connectivity index is 1.44. The topological polar surface area (TPSA) is 112 Å². The van der Waals surface area contributed by atoms with Crippen molar-refractivity contribution >= 4 is 17.7 Å². The summed E-state index contributed by atoms with van der Waals surface area (Å²) in [5.74, 6) is -6.36. The first-order valence-electron chi connectivity index (χ1n) is 11.1. The Morgan fingerprint density at radius 3 is 2.59 bits per heavy atom. The van der Waals surface area contributed by atoms with Crippen LogP contribution in [0.3, 0.4) is 0 Å². The number of ether oxygens (including phenoxy) is 1. The number of nitrogens with zero attached hydrogens (tertiary/aromatic N) is 2. The van der Waals surface area contributed by atoms with E-state index >= 15 is 0 Å². The van der Waals surface area contributed by atoms with Crippen LogP contribution in [0.5, 0.6) is 5.75 Å². The van der Waals surface area contributed by atoms with E-state index in [-0.39, 0.29) is 42.0 Å². The molecule has 3 aliphatic rings. The Kier molecular flexibility index (Phi) is 6.18. The average molecular weight is 478 g/mol. The zero-order valence-electron chi connectivity index (χ0n) is 18.7. The molecule has 0 bridgehead atoms. The van der Waals surface area contributed by atoms with Gasteiger partial charge in [-0.15, -0.1) is 0 Å². The molecule has 3 amide bonds. The molecule has 2 aliphatic heterocycles. The molecule has 2 saturated heterocycles. The fraction of sp³-hybridized carbons (Fsp3) is 0.565. The Labute approximate surface area is 194 Å². The van der Waals surface area contributed by atoms with Gasteiger partial charge in [-0.05, 0) is 30.1 Å². The van der Waals surface area contributed by atoms with Crippen molar-refractivity contribution in [1.82, 2.24) is 15.5 Å². The Morgan fingerprint density at radius 2 is 2.00 bits per heavy atom. The second-order valence-corrected chi connectivity index (χ2v) is 9.63. The molecule has 3 fully saturated rings. The van der Waals surface area contributed by atoms with Gasteiger partial charge in [0.05, 0.1) is 6.07 Å². The van der Waals surface area contributed by atoms with E-state index in [0.29, 0.717) is 25.1 Å². The Morgan fingerprint density at radius 1 is 1.32 bits per heavy atom. The van der Waals surface area contributed by atoms with Crippen molar-refractivity contribution in [3.63, 3.8) is 0 Å². The van der Waals surface area contributed by atoms with Crippen LogP contribution in [0.4, 0.5) is 13.2 Å². The minimum Gasteiger partial charge on any atom is -0.478 e. The first-order chi connectivity index (χ1) is 16.0. The van der Waals surface area contributed by atoms with Crippen LogP contribution in [0.2, 0.25) is 0 Å². The third-order valence-electron chi connectivity index (χ3n) is 7.26. The minimum absolute atomic E-state index is 0.0487. The highest BCUT2D eigenvalue weighted by Gasteiger charge is 2.69. The first kappa shape index (κ1) is 23.9. The number of piperidine rings is 1. The van der Waals surface area contributed by atoms with Gasteiger partial charge in [0.25, 0.3) is 5.91 Å². The summed E-state index contributed by atoms with van der Waals surface area (Å²) >= 11 is 0. The molecule has 2 heterocycles. The van der Waals surface area contributed by atoms with Crippen molar-refractivity contribution < 1.29 is 32.3 Å². The van der Waals surface area contributed by atoms with Gasteiger partial charge in [0.15, 0.2) is 24.0 Å². The third-order valence-corrected chi connectivity index (χ3v) is 7.26. The molecule has 4 rings (SSSR count). The minimum atomic E-state index is -1.28. The number of hydrogen-bond donors (Lipinski definition) is 2. The van der Waals surface area contributed by atoms with Gasteiger partial charge in [-0.2, -0.15) is 5.26 Å². The number of benzene rings is 1. The lowest BCUT2D eigenvalue weighted by molar-refractivity contribution is -0.142. The zero-order chi connectivity index (χ0) is 24.8. The summed E-state index contributed by atoms with van der Waals surface area (Å²) in [5.41, 5.74) is -0.192. The van der Waals surface area contributed by atoms with Crippen LogP contribution >= 0.6 is 0 Å². The maximum Gasteiger partial charge on any atom is 0.261 e. The molecule has 1 aliphatic carbocycles. The largest absolute Gasteiger partial charge is 0.478 e. The van der Waals surface area contributed by atoms with E-state index in [4.69, 9.17) is 4.74 Å². The van der Waals surface area contributed by atoms with Crippen LogP contribution in [0, 0.1) is 52.0 Å². The molecule has 11 heteroatoms. The average Bonchev–Trinajstić information content (AvgIpc) is 3.11. The summed E-state index contributed by atoms with van der Waals surface area (Å²) < 4.78 is 45.8. The molecule has 0 radical (unpaired) electrons. The van der Waals surface area contributed by atoms with Crippen LogP contribution in [0.15, 0.2) is 12.1 Å². The number of likely N-dealkylation sites (tertiary alicyclic amines) is 1. The van der Waals surface area contributed by atoms with Crippen molar-refractivity contribution in [2.75, 3.05) is 19.7 Å². The Hall–Kier alpha value is -3.29. The second-order valence-electron chi connectivity index (χ2n) is 9.63. The van der Waals surface area contributed by atoms with Crippen LogP contribution in [0.25, 0.3) is 0 Å². The van der Waals surface area contributed by atoms with Crippen molar-refractivity contribution in [3.05, 3.63) is 29.6 Å². The number of fused-ring (bicyclic) bond motifs is 1. The van der Waals surface area contributed by atoms with Crippen molar-refractivity contribution in [1.29, 1.82) is 5.26 Å². The van der Waals surface area contributed by atoms with Crippen LogP contribution in [-0.2, 0) is 14.4 Å². The fourth-order valence-electron chi connectivity index (χ4n) is 5.28. The summed E-state index contributed by atoms with van der Waals surface area (Å²) in [6.45, 7) is 4.00. The molecule has 182 valence electrons. The van der Waals surface area contributed by atoms with Gasteiger partial charge in [0.1, 0.15) is 17.9 Å². The molecule has 2 N–H and O–H groups in total. The Bertz CT molecular complexity index is 1050. The zero-order valence-corrected chi connectivity index (χ0v) is 18.7. The first-order valence-corrected chi connectivity index (χ1v) is 11.1. The number of rotatable bonds is 7. The van der Waals surface area contributed by atoms with Crippen LogP contribution in [0.1, 0.15) is 26.7 Å². The lowest BCUT2D eigenvalue weighted by atomic mass is 9.97. The van der Waals surface area contributed by atoms with Gasteiger partial charge in [0, 0.05) is 31.1 Å². The van der Waals surface area contributed by atoms with Gasteiger partial charge >= 0.3 is 0 Å². The summed E-state index contributed by atoms with van der Waals surface area (Å²) in [5, 5.41) is 14.9. The number of nitriles is 1. The molecule has 8 nitrogen and oxygen atoms in total. The number of carbonyl (C=O) groups excluding carboxylic acids is 3. The van der Waals surface area contributed by atoms with Crippen molar-refractivity contribution in [2.45, 2.75) is 38.8 Å². The van der Waals surface area contributed by atoms with E-state index in [0.717, 1.165) is 0 Å². The monoisotopic (exact) mass is 478 g/mol. The molecular weight excluding hydrogens is 453 g/mol. The number of hydrogen-bond acceptors (Lipinski definition) is 5. The summed E-state index contributed by atoms with van der Waals surface area (Å²) in [6.07, 6.45) is 0.741. The normalized spacial score (nSPS) is 27.4. The molecule has 0 aromatic heterocycles. The lowest BCUT2D eigenvalue weighted by Crippen LogP contribution is -2.53. The molecule has 1 aromatic carbocycles. The number of halogens is 3. The van der Waals surface area contributed by atoms with Gasteiger partial charge < -0.3 is 20.3 Å². The maximum absolute atomic E-state index is 13.8. The lowest BCUT2D eigenvalue weighted by Gasteiger charge is -2.30. The number of carbonyl (C=O) groups is 3. The summed E-state index contributed by atoms with van der Waals surface area (Å²) in [4.78, 5) is 39.2. The summed E-state index contributed by atoms with van der Waals surface area (Å²) in [6, 6.07) is 1.11. The smallest absolute Gasteiger partial charge is 0.261 e. The van der Waals surface area contributed by atoms with Gasteiger partial charge in [-0.25, -0.2) is 13.2 Å². The quantitative estimate of drug-likeness (QED) is 0.617. The molecule has 5 atom stereocenters. The fourth-order valence-corrected chi connectivity index (χ4v) is 5.28.